The molecular formula is C19H22N3OS2+. The topological polar surface area (TPSA) is 42.0 Å². The van der Waals surface area contributed by atoms with E-state index in [0.29, 0.717) is 0 Å². The molecule has 0 amide bonds. The molecule has 0 spiro atoms. The van der Waals surface area contributed by atoms with Crippen LogP contribution in [0.1, 0.15) is 11.8 Å². The average Bonchev–Trinajstić information content (AvgIpc) is 3.26. The van der Waals surface area contributed by atoms with Crippen molar-refractivity contribution in [1.29, 1.82) is 0 Å². The lowest BCUT2D eigenvalue weighted by Gasteiger charge is -2.14. The smallest absolute Gasteiger partial charge is 0.217 e. The fourth-order valence-corrected chi connectivity index (χ4v) is 5.07. The van der Waals surface area contributed by atoms with Gasteiger partial charge in [-0.2, -0.15) is 0 Å². The van der Waals surface area contributed by atoms with Crippen LogP contribution in [0.3, 0.4) is 0 Å². The summed E-state index contributed by atoms with van der Waals surface area (Å²) < 4.78 is 8.61. The van der Waals surface area contributed by atoms with Crippen molar-refractivity contribution in [1.82, 2.24) is 4.98 Å². The Balaban J connectivity index is 1.34. The van der Waals surface area contributed by atoms with Crippen LogP contribution in [0.15, 0.2) is 52.9 Å². The zero-order chi connectivity index (χ0) is 17.2. The SMILES string of the molecule is CN(C)c1ccc([C@H]2[NH2+]C[C@@H](CSc3nc4ccccc4s3)O2)cc1. The lowest BCUT2D eigenvalue weighted by atomic mass is 10.2. The van der Waals surface area contributed by atoms with E-state index in [4.69, 9.17) is 4.74 Å². The minimum Gasteiger partial charge on any atom is -0.378 e. The first-order valence-electron chi connectivity index (χ1n) is 8.43. The molecule has 2 N–H and O–H groups in total. The Morgan fingerprint density at radius 3 is 2.76 bits per heavy atom. The largest absolute Gasteiger partial charge is 0.378 e. The third-order valence-corrected chi connectivity index (χ3v) is 6.67. The monoisotopic (exact) mass is 372 g/mol. The molecule has 3 aromatic rings. The minimum atomic E-state index is 0.108. The first-order valence-corrected chi connectivity index (χ1v) is 10.2. The molecular weight excluding hydrogens is 350 g/mol. The molecule has 0 aliphatic carbocycles. The van der Waals surface area contributed by atoms with Gasteiger partial charge in [-0.25, -0.2) is 4.98 Å². The maximum absolute atomic E-state index is 6.23. The average molecular weight is 373 g/mol. The number of thiazole rings is 1. The van der Waals surface area contributed by atoms with Gasteiger partial charge in [0.2, 0.25) is 6.23 Å². The van der Waals surface area contributed by atoms with E-state index in [2.05, 4.69) is 71.8 Å². The predicted molar refractivity (Wildman–Crippen MR) is 106 cm³/mol. The van der Waals surface area contributed by atoms with Crippen molar-refractivity contribution in [3.05, 3.63) is 54.1 Å². The van der Waals surface area contributed by atoms with Crippen LogP contribution < -0.4 is 10.2 Å². The van der Waals surface area contributed by atoms with Crippen molar-refractivity contribution in [2.75, 3.05) is 31.3 Å². The van der Waals surface area contributed by atoms with Crippen molar-refractivity contribution in [3.8, 4) is 0 Å². The van der Waals surface area contributed by atoms with Crippen molar-refractivity contribution in [3.63, 3.8) is 0 Å². The highest BCUT2D eigenvalue weighted by Crippen LogP contribution is 2.30. The van der Waals surface area contributed by atoms with Gasteiger partial charge < -0.3 is 15.0 Å². The van der Waals surface area contributed by atoms with Gasteiger partial charge in [0.15, 0.2) is 4.34 Å². The molecule has 130 valence electrons. The van der Waals surface area contributed by atoms with Gasteiger partial charge in [-0.15, -0.1) is 11.3 Å². The maximum Gasteiger partial charge on any atom is 0.217 e. The summed E-state index contributed by atoms with van der Waals surface area (Å²) in [5, 5.41) is 2.29. The normalized spacial score (nSPS) is 20.2. The fraction of sp³-hybridized carbons (Fsp3) is 0.316. The number of benzene rings is 2. The molecule has 1 aromatic heterocycles. The first-order chi connectivity index (χ1) is 12.2. The van der Waals surface area contributed by atoms with E-state index < -0.39 is 0 Å². The number of nitrogens with two attached hydrogens (primary N) is 1. The quantitative estimate of drug-likeness (QED) is 0.699. The summed E-state index contributed by atoms with van der Waals surface area (Å²) in [6.45, 7) is 0.998. The lowest BCUT2D eigenvalue weighted by Crippen LogP contribution is -2.82. The summed E-state index contributed by atoms with van der Waals surface area (Å²) in [7, 11) is 4.12. The van der Waals surface area contributed by atoms with Crippen LogP contribution in [-0.4, -0.2) is 37.5 Å². The number of para-hydroxylation sites is 1. The van der Waals surface area contributed by atoms with E-state index in [-0.39, 0.29) is 12.3 Å². The molecule has 0 saturated carbocycles. The second kappa shape index (κ2) is 7.33. The van der Waals surface area contributed by atoms with Gasteiger partial charge >= 0.3 is 0 Å². The van der Waals surface area contributed by atoms with Gasteiger partial charge in [0, 0.05) is 31.1 Å². The third kappa shape index (κ3) is 3.82. The number of fused-ring (bicyclic) bond motifs is 1. The van der Waals surface area contributed by atoms with E-state index in [1.807, 2.05) is 6.07 Å². The second-order valence-corrected chi connectivity index (χ2v) is 8.69. The molecule has 1 fully saturated rings. The predicted octanol–water partition coefficient (Wildman–Crippen LogP) is 3.12. The molecule has 0 unspecified atom stereocenters. The Hall–Kier alpha value is -1.60. The Morgan fingerprint density at radius 2 is 2.00 bits per heavy atom. The zero-order valence-corrected chi connectivity index (χ0v) is 16.0. The van der Waals surface area contributed by atoms with Gasteiger partial charge in [-0.3, -0.25) is 0 Å². The van der Waals surface area contributed by atoms with Crippen LogP contribution in [0.4, 0.5) is 5.69 Å². The molecule has 0 radical (unpaired) electrons. The number of anilines is 1. The van der Waals surface area contributed by atoms with Gasteiger partial charge in [0.25, 0.3) is 0 Å². The van der Waals surface area contributed by atoms with Gasteiger partial charge in [0.1, 0.15) is 12.6 Å². The summed E-state index contributed by atoms with van der Waals surface area (Å²) in [5.41, 5.74) is 3.54. The number of nitrogens with zero attached hydrogens (tertiary/aromatic N) is 2. The number of rotatable bonds is 5. The van der Waals surface area contributed by atoms with Gasteiger partial charge in [0.05, 0.1) is 10.2 Å². The Morgan fingerprint density at radius 1 is 1.20 bits per heavy atom. The number of aromatic nitrogens is 1. The number of thioether (sulfide) groups is 1. The molecule has 1 aliphatic heterocycles. The van der Waals surface area contributed by atoms with Gasteiger partial charge in [-0.05, 0) is 36.4 Å². The van der Waals surface area contributed by atoms with E-state index in [9.17, 15) is 0 Å². The number of ether oxygens (including phenoxy) is 1. The number of hydrogen-bond acceptors (Lipinski definition) is 5. The Bertz CT molecular complexity index is 814. The highest BCUT2D eigenvalue weighted by Gasteiger charge is 2.30. The Labute approximate surface area is 156 Å². The molecule has 0 bridgehead atoms. The first kappa shape index (κ1) is 16.8. The van der Waals surface area contributed by atoms with Crippen molar-refractivity contribution in [2.45, 2.75) is 16.7 Å². The summed E-state index contributed by atoms with van der Waals surface area (Å²) in [6, 6.07) is 16.9. The van der Waals surface area contributed by atoms with Gasteiger partial charge in [-0.1, -0.05) is 23.9 Å². The third-order valence-electron chi connectivity index (χ3n) is 4.36. The van der Waals surface area contributed by atoms with Crippen LogP contribution in [0, 0.1) is 0 Å². The zero-order valence-electron chi connectivity index (χ0n) is 14.4. The van der Waals surface area contributed by atoms with Crippen LogP contribution >= 0.6 is 23.1 Å². The highest BCUT2D eigenvalue weighted by atomic mass is 32.2. The standard InChI is InChI=1S/C19H21N3OS2/c1-22(2)14-9-7-13(8-10-14)18-20-11-15(23-18)12-24-19-21-16-5-3-4-6-17(16)25-19/h3-10,15,18,20H,11-12H2,1-2H3/p+1/t15-,18-/m0/s1. The lowest BCUT2D eigenvalue weighted by molar-refractivity contribution is -0.697. The number of hydrogen-bond donors (Lipinski definition) is 1. The molecule has 1 saturated heterocycles. The summed E-state index contributed by atoms with van der Waals surface area (Å²) in [5.74, 6) is 0.947. The summed E-state index contributed by atoms with van der Waals surface area (Å²) in [6.07, 6.45) is 0.368. The van der Waals surface area contributed by atoms with Crippen LogP contribution in [0.5, 0.6) is 0 Å². The maximum atomic E-state index is 6.23. The molecule has 1 aliphatic rings. The van der Waals surface area contributed by atoms with E-state index in [1.54, 1.807) is 23.1 Å². The molecule has 2 heterocycles. The van der Waals surface area contributed by atoms with E-state index in [1.165, 1.54) is 16.0 Å². The fourth-order valence-electron chi connectivity index (χ4n) is 2.95. The summed E-state index contributed by atoms with van der Waals surface area (Å²) >= 11 is 3.57. The molecule has 4 rings (SSSR count). The summed E-state index contributed by atoms with van der Waals surface area (Å²) in [4.78, 5) is 6.80. The molecule has 2 aromatic carbocycles. The molecule has 4 nitrogen and oxygen atoms in total. The van der Waals surface area contributed by atoms with Crippen molar-refractivity contribution < 1.29 is 10.1 Å². The van der Waals surface area contributed by atoms with E-state index >= 15 is 0 Å². The van der Waals surface area contributed by atoms with Crippen LogP contribution in [0.2, 0.25) is 0 Å². The molecule has 2 atom stereocenters. The van der Waals surface area contributed by atoms with Crippen molar-refractivity contribution in [2.24, 2.45) is 0 Å². The minimum absolute atomic E-state index is 0.108. The highest BCUT2D eigenvalue weighted by molar-refractivity contribution is 8.01. The molecule has 25 heavy (non-hydrogen) atoms. The van der Waals surface area contributed by atoms with E-state index in [0.717, 1.165) is 22.2 Å². The molecule has 6 heteroatoms. The van der Waals surface area contributed by atoms with Crippen LogP contribution in [0.25, 0.3) is 10.2 Å². The second-order valence-electron chi connectivity index (χ2n) is 6.39. The Kier molecular flexibility index (Phi) is 4.94. The van der Waals surface area contributed by atoms with Crippen LogP contribution in [-0.2, 0) is 4.74 Å². The number of quaternary nitrogens is 1. The van der Waals surface area contributed by atoms with Crippen molar-refractivity contribution >= 4 is 39.0 Å².